The molecule has 0 aliphatic carbocycles. The van der Waals surface area contributed by atoms with E-state index in [0.717, 1.165) is 11.3 Å². The van der Waals surface area contributed by atoms with E-state index >= 15 is 0 Å². The number of nitrogens with zero attached hydrogens (tertiary/aromatic N) is 2. The number of pyridine rings is 2. The van der Waals surface area contributed by atoms with Crippen LogP contribution in [0.5, 0.6) is 0 Å². The average molecular weight is 274 g/mol. The lowest BCUT2D eigenvalue weighted by Gasteiger charge is -2.06. The summed E-state index contributed by atoms with van der Waals surface area (Å²) in [6.07, 6.45) is 3.31. The molecule has 0 radical (unpaired) electrons. The molecular weight excluding hydrogens is 264 g/mol. The number of aromatic nitrogens is 2. The van der Waals surface area contributed by atoms with Crippen molar-refractivity contribution >= 4 is 22.1 Å². The lowest BCUT2D eigenvalue weighted by Crippen LogP contribution is -2.04. The third-order valence-corrected chi connectivity index (χ3v) is 3.40. The van der Waals surface area contributed by atoms with E-state index in [0.29, 0.717) is 22.1 Å². The number of fused-ring (bicyclic) bond motifs is 2. The van der Waals surface area contributed by atoms with Gasteiger partial charge in [0.25, 0.3) is 0 Å². The summed E-state index contributed by atoms with van der Waals surface area (Å²) in [5, 5.41) is 0.518. The van der Waals surface area contributed by atoms with Crippen LogP contribution in [0.1, 0.15) is 0 Å². The fourth-order valence-corrected chi connectivity index (χ4v) is 2.43. The van der Waals surface area contributed by atoms with E-state index in [1.54, 1.807) is 30.6 Å². The summed E-state index contributed by atoms with van der Waals surface area (Å²) in [6.45, 7) is 0. The molecule has 0 aliphatic rings. The molecule has 0 saturated carbocycles. The molecule has 0 N–H and O–H groups in total. The molecule has 0 atom stereocenters. The maximum atomic E-state index is 12.5. The molecular formula is C17H10N2O2. The van der Waals surface area contributed by atoms with Gasteiger partial charge in [0.15, 0.2) is 11.1 Å². The van der Waals surface area contributed by atoms with E-state index in [1.807, 2.05) is 30.3 Å². The van der Waals surface area contributed by atoms with Crippen LogP contribution >= 0.6 is 0 Å². The molecule has 0 aliphatic heterocycles. The number of hydrogen-bond donors (Lipinski definition) is 0. The van der Waals surface area contributed by atoms with Gasteiger partial charge in [-0.15, -0.1) is 0 Å². The van der Waals surface area contributed by atoms with E-state index in [1.165, 1.54) is 0 Å². The number of benzene rings is 1. The van der Waals surface area contributed by atoms with Crippen molar-refractivity contribution in [1.82, 2.24) is 9.97 Å². The molecule has 4 nitrogen and oxygen atoms in total. The van der Waals surface area contributed by atoms with Gasteiger partial charge in [-0.3, -0.25) is 9.78 Å². The molecule has 3 heterocycles. The van der Waals surface area contributed by atoms with E-state index < -0.39 is 0 Å². The summed E-state index contributed by atoms with van der Waals surface area (Å²) in [4.78, 5) is 21.0. The maximum absolute atomic E-state index is 12.5. The highest BCUT2D eigenvalue weighted by molar-refractivity contribution is 5.95. The Morgan fingerprint density at radius 1 is 0.857 bits per heavy atom. The van der Waals surface area contributed by atoms with Crippen molar-refractivity contribution in [3.8, 4) is 11.3 Å². The molecule has 1 aromatic carbocycles. The molecule has 0 bridgehead atoms. The quantitative estimate of drug-likeness (QED) is 0.499. The van der Waals surface area contributed by atoms with Gasteiger partial charge in [0.05, 0.1) is 11.1 Å². The van der Waals surface area contributed by atoms with Crippen molar-refractivity contribution < 1.29 is 4.42 Å². The predicted octanol–water partition coefficient (Wildman–Crippen LogP) is 3.40. The molecule has 21 heavy (non-hydrogen) atoms. The Hall–Kier alpha value is -3.01. The molecule has 4 aromatic rings. The van der Waals surface area contributed by atoms with Gasteiger partial charge in [0.2, 0.25) is 5.43 Å². The summed E-state index contributed by atoms with van der Waals surface area (Å²) in [5.74, 6) is 0. The first-order valence-electron chi connectivity index (χ1n) is 6.56. The Morgan fingerprint density at radius 3 is 2.62 bits per heavy atom. The van der Waals surface area contributed by atoms with Crippen LogP contribution in [-0.2, 0) is 0 Å². The van der Waals surface area contributed by atoms with Gasteiger partial charge < -0.3 is 4.42 Å². The van der Waals surface area contributed by atoms with Gasteiger partial charge in [-0.25, -0.2) is 4.98 Å². The fourth-order valence-electron chi connectivity index (χ4n) is 2.43. The smallest absolute Gasteiger partial charge is 0.218 e. The Bertz CT molecular complexity index is 1010. The number of rotatable bonds is 1. The van der Waals surface area contributed by atoms with Gasteiger partial charge in [0, 0.05) is 18.0 Å². The highest BCUT2D eigenvalue weighted by Crippen LogP contribution is 2.27. The van der Waals surface area contributed by atoms with E-state index in [4.69, 9.17) is 4.42 Å². The molecule has 0 unspecified atom stereocenters. The maximum Gasteiger partial charge on any atom is 0.218 e. The monoisotopic (exact) mass is 274 g/mol. The Balaban J connectivity index is 2.18. The molecule has 4 heteroatoms. The van der Waals surface area contributed by atoms with Crippen molar-refractivity contribution in [3.63, 3.8) is 0 Å². The summed E-state index contributed by atoms with van der Waals surface area (Å²) in [6, 6.07) is 14.6. The zero-order valence-corrected chi connectivity index (χ0v) is 11.0. The molecule has 0 fully saturated rings. The van der Waals surface area contributed by atoms with Gasteiger partial charge in [-0.2, -0.15) is 0 Å². The molecule has 100 valence electrons. The van der Waals surface area contributed by atoms with Crippen molar-refractivity contribution in [3.05, 3.63) is 71.1 Å². The molecule has 4 rings (SSSR count). The highest BCUT2D eigenvalue weighted by Gasteiger charge is 2.12. The van der Waals surface area contributed by atoms with E-state index in [-0.39, 0.29) is 5.43 Å². The van der Waals surface area contributed by atoms with Crippen LogP contribution in [0.4, 0.5) is 0 Å². The Labute approximate surface area is 119 Å². The Kier molecular flexibility index (Phi) is 2.54. The van der Waals surface area contributed by atoms with Crippen LogP contribution in [0.3, 0.4) is 0 Å². The number of para-hydroxylation sites is 1. The van der Waals surface area contributed by atoms with Gasteiger partial charge in [-0.1, -0.05) is 12.1 Å². The average Bonchev–Trinajstić information content (AvgIpc) is 2.56. The highest BCUT2D eigenvalue weighted by atomic mass is 16.3. The van der Waals surface area contributed by atoms with Crippen LogP contribution in [-0.4, -0.2) is 9.97 Å². The third-order valence-electron chi connectivity index (χ3n) is 3.40. The molecule has 0 amide bonds. The fraction of sp³-hybridized carbons (Fsp3) is 0. The van der Waals surface area contributed by atoms with Crippen LogP contribution in [0.25, 0.3) is 33.3 Å². The summed E-state index contributed by atoms with van der Waals surface area (Å²) >= 11 is 0. The standard InChI is InChI=1S/C17H10N2O2/c20-16-12-6-3-5-11(13-7-1-2-9-18-13)17(12)21-14-8-4-10-19-15(14)16/h1-10H. The summed E-state index contributed by atoms with van der Waals surface area (Å²) in [5.41, 5.74) is 2.83. The lowest BCUT2D eigenvalue weighted by molar-refractivity contribution is 0.659. The molecule has 3 aromatic heterocycles. The largest absolute Gasteiger partial charge is 0.453 e. The molecule has 0 saturated heterocycles. The second-order valence-electron chi connectivity index (χ2n) is 4.68. The third kappa shape index (κ3) is 1.80. The van der Waals surface area contributed by atoms with Gasteiger partial charge in [-0.05, 0) is 36.4 Å². The summed E-state index contributed by atoms with van der Waals surface area (Å²) in [7, 11) is 0. The summed E-state index contributed by atoms with van der Waals surface area (Å²) < 4.78 is 5.91. The van der Waals surface area contributed by atoms with Crippen LogP contribution in [0, 0.1) is 0 Å². The number of hydrogen-bond acceptors (Lipinski definition) is 4. The van der Waals surface area contributed by atoms with Crippen molar-refractivity contribution in [2.24, 2.45) is 0 Å². The minimum absolute atomic E-state index is 0.121. The predicted molar refractivity (Wildman–Crippen MR) is 81.0 cm³/mol. The van der Waals surface area contributed by atoms with Crippen molar-refractivity contribution in [1.29, 1.82) is 0 Å². The second kappa shape index (κ2) is 4.52. The van der Waals surface area contributed by atoms with Crippen LogP contribution < -0.4 is 5.43 Å². The Morgan fingerprint density at radius 2 is 1.76 bits per heavy atom. The second-order valence-corrected chi connectivity index (χ2v) is 4.68. The minimum Gasteiger partial charge on any atom is -0.453 e. The van der Waals surface area contributed by atoms with Gasteiger partial charge >= 0.3 is 0 Å². The van der Waals surface area contributed by atoms with E-state index in [2.05, 4.69) is 9.97 Å². The topological polar surface area (TPSA) is 56.0 Å². The molecule has 0 spiro atoms. The van der Waals surface area contributed by atoms with Gasteiger partial charge in [0.1, 0.15) is 5.58 Å². The normalized spacial score (nSPS) is 11.0. The first-order valence-corrected chi connectivity index (χ1v) is 6.56. The van der Waals surface area contributed by atoms with E-state index in [9.17, 15) is 4.79 Å². The first kappa shape index (κ1) is 11.8. The lowest BCUT2D eigenvalue weighted by atomic mass is 10.1. The SMILES string of the molecule is O=c1c2cccc(-c3ccccn3)c2oc2cccnc12. The van der Waals surface area contributed by atoms with Crippen molar-refractivity contribution in [2.45, 2.75) is 0 Å². The van der Waals surface area contributed by atoms with Crippen LogP contribution in [0.15, 0.2) is 70.1 Å². The minimum atomic E-state index is -0.121. The first-order chi connectivity index (χ1) is 10.3. The van der Waals surface area contributed by atoms with Crippen molar-refractivity contribution in [2.75, 3.05) is 0 Å². The zero-order chi connectivity index (χ0) is 14.2. The van der Waals surface area contributed by atoms with Crippen LogP contribution in [0.2, 0.25) is 0 Å². The zero-order valence-electron chi connectivity index (χ0n) is 11.0.